The van der Waals surface area contributed by atoms with E-state index in [1.54, 1.807) is 0 Å². The van der Waals surface area contributed by atoms with Crippen LogP contribution in [0.2, 0.25) is 0 Å². The fraction of sp³-hybridized carbons (Fsp3) is 0.615. The number of aromatic nitrogens is 2. The van der Waals surface area contributed by atoms with Crippen molar-refractivity contribution < 1.29 is 0 Å². The Morgan fingerprint density at radius 2 is 1.39 bits per heavy atom. The van der Waals surface area contributed by atoms with Crippen LogP contribution in [0.1, 0.15) is 108 Å². The Morgan fingerprint density at radius 1 is 0.839 bits per heavy atom. The highest BCUT2D eigenvalue weighted by molar-refractivity contribution is 6.32. The first-order valence-corrected chi connectivity index (χ1v) is 12.5. The Bertz CT molecular complexity index is 859. The summed E-state index contributed by atoms with van der Waals surface area (Å²) in [7, 11) is 1.85. The lowest BCUT2D eigenvalue weighted by molar-refractivity contribution is 0.375. The van der Waals surface area contributed by atoms with Crippen molar-refractivity contribution in [2.75, 3.05) is 0 Å². The molecule has 0 bridgehead atoms. The lowest BCUT2D eigenvalue weighted by Crippen LogP contribution is -2.45. The molecule has 0 aliphatic heterocycles. The number of aromatic amines is 1. The van der Waals surface area contributed by atoms with E-state index in [1.165, 1.54) is 51.4 Å². The summed E-state index contributed by atoms with van der Waals surface area (Å²) in [5, 5.41) is 0. The zero-order chi connectivity index (χ0) is 22.5. The standard InChI is InChI=1S/C26H41BN2O2/c1-3-5-7-9-14-18-22(19-15-10-8-6-4-2)29-23(20-21-16-12-11-13-17-21)24(27)25(30)28-26(29)31/h11-13,16-17,22H,3-10,14-15,18-20,27H2,1-2H3,(H,28,30,31). The average molecular weight is 424 g/mol. The Balaban J connectivity index is 2.29. The third kappa shape index (κ3) is 8.19. The zero-order valence-corrected chi connectivity index (χ0v) is 19.9. The molecule has 0 unspecified atom stereocenters. The molecular weight excluding hydrogens is 383 g/mol. The molecule has 1 aromatic heterocycles. The van der Waals surface area contributed by atoms with E-state index in [0.717, 1.165) is 36.9 Å². The van der Waals surface area contributed by atoms with Gasteiger partial charge in [-0.2, -0.15) is 0 Å². The highest BCUT2D eigenvalue weighted by atomic mass is 16.2. The van der Waals surface area contributed by atoms with Crippen molar-refractivity contribution in [3.05, 3.63) is 62.4 Å². The van der Waals surface area contributed by atoms with Gasteiger partial charge in [-0.25, -0.2) is 4.79 Å². The topological polar surface area (TPSA) is 54.9 Å². The summed E-state index contributed by atoms with van der Waals surface area (Å²) in [6, 6.07) is 10.3. The van der Waals surface area contributed by atoms with Crippen LogP contribution in [0.25, 0.3) is 0 Å². The number of hydrogen-bond donors (Lipinski definition) is 1. The van der Waals surface area contributed by atoms with Crippen molar-refractivity contribution >= 4 is 13.3 Å². The number of H-pyrrole nitrogens is 1. The first-order chi connectivity index (χ1) is 15.1. The van der Waals surface area contributed by atoms with Gasteiger partial charge in [0, 0.05) is 18.2 Å². The second-order valence-electron chi connectivity index (χ2n) is 8.92. The Hall–Kier alpha value is -2.04. The third-order valence-electron chi connectivity index (χ3n) is 6.36. The number of hydrogen-bond acceptors (Lipinski definition) is 2. The van der Waals surface area contributed by atoms with E-state index < -0.39 is 0 Å². The molecule has 0 spiro atoms. The molecule has 1 N–H and O–H groups in total. The molecule has 0 radical (unpaired) electrons. The predicted octanol–water partition coefficient (Wildman–Crippen LogP) is 4.65. The van der Waals surface area contributed by atoms with Crippen LogP contribution in [0.4, 0.5) is 0 Å². The van der Waals surface area contributed by atoms with E-state index in [0.29, 0.717) is 11.9 Å². The average Bonchev–Trinajstić information content (AvgIpc) is 2.77. The molecule has 1 aromatic carbocycles. The summed E-state index contributed by atoms with van der Waals surface area (Å²) in [6.45, 7) is 4.47. The number of rotatable bonds is 15. The first-order valence-electron chi connectivity index (χ1n) is 12.5. The lowest BCUT2D eigenvalue weighted by atomic mass is 9.91. The molecule has 1 heterocycles. The summed E-state index contributed by atoms with van der Waals surface area (Å²) in [5.41, 5.74) is 2.19. The Labute approximate surface area is 188 Å². The highest BCUT2D eigenvalue weighted by Crippen LogP contribution is 2.24. The maximum Gasteiger partial charge on any atom is 0.328 e. The van der Waals surface area contributed by atoms with Gasteiger partial charge in [-0.15, -0.1) is 0 Å². The molecule has 0 aliphatic rings. The third-order valence-corrected chi connectivity index (χ3v) is 6.36. The number of nitrogens with one attached hydrogen (secondary N) is 1. The Morgan fingerprint density at radius 3 is 1.94 bits per heavy atom. The molecule has 31 heavy (non-hydrogen) atoms. The normalized spacial score (nSPS) is 11.3. The minimum Gasteiger partial charge on any atom is -0.295 e. The van der Waals surface area contributed by atoms with Crippen LogP contribution in [-0.4, -0.2) is 17.4 Å². The Kier molecular flexibility index (Phi) is 11.5. The van der Waals surface area contributed by atoms with Gasteiger partial charge in [0.05, 0.1) is 0 Å². The quantitative estimate of drug-likeness (QED) is 0.334. The van der Waals surface area contributed by atoms with Gasteiger partial charge in [-0.3, -0.25) is 14.3 Å². The summed E-state index contributed by atoms with van der Waals surface area (Å²) >= 11 is 0. The van der Waals surface area contributed by atoms with Gasteiger partial charge in [0.15, 0.2) is 0 Å². The SMILES string of the molecule is Bc1c(Cc2ccccc2)n(C(CCCCCCC)CCCCCCC)c(=O)[nH]c1=O. The van der Waals surface area contributed by atoms with Gasteiger partial charge in [-0.05, 0) is 23.9 Å². The fourth-order valence-electron chi connectivity index (χ4n) is 4.45. The fourth-order valence-corrected chi connectivity index (χ4v) is 4.45. The van der Waals surface area contributed by atoms with E-state index in [-0.39, 0.29) is 17.3 Å². The van der Waals surface area contributed by atoms with E-state index in [9.17, 15) is 9.59 Å². The maximum absolute atomic E-state index is 13.0. The molecule has 2 aromatic rings. The van der Waals surface area contributed by atoms with Crippen LogP contribution in [0.15, 0.2) is 39.9 Å². The van der Waals surface area contributed by atoms with Crippen LogP contribution in [0.3, 0.4) is 0 Å². The smallest absolute Gasteiger partial charge is 0.295 e. The number of unbranched alkanes of at least 4 members (excludes halogenated alkanes) is 8. The highest BCUT2D eigenvalue weighted by Gasteiger charge is 2.19. The predicted molar refractivity (Wildman–Crippen MR) is 135 cm³/mol. The van der Waals surface area contributed by atoms with Crippen molar-refractivity contribution in [1.82, 2.24) is 9.55 Å². The van der Waals surface area contributed by atoms with E-state index >= 15 is 0 Å². The second-order valence-corrected chi connectivity index (χ2v) is 8.92. The molecule has 5 heteroatoms. The minimum absolute atomic E-state index is 0.157. The van der Waals surface area contributed by atoms with Crippen molar-refractivity contribution in [2.45, 2.75) is 103 Å². The molecule has 2 rings (SSSR count). The molecule has 0 amide bonds. The zero-order valence-electron chi connectivity index (χ0n) is 19.9. The van der Waals surface area contributed by atoms with Crippen LogP contribution in [-0.2, 0) is 6.42 Å². The van der Waals surface area contributed by atoms with Gasteiger partial charge in [0.25, 0.3) is 0 Å². The first kappa shape index (κ1) is 25.2. The summed E-state index contributed by atoms with van der Waals surface area (Å²) < 4.78 is 1.93. The maximum atomic E-state index is 13.0. The monoisotopic (exact) mass is 424 g/mol. The van der Waals surface area contributed by atoms with E-state index in [4.69, 9.17) is 0 Å². The lowest BCUT2D eigenvalue weighted by Gasteiger charge is -2.24. The number of benzene rings is 1. The van der Waals surface area contributed by atoms with Crippen LogP contribution in [0, 0.1) is 0 Å². The molecular formula is C26H41BN2O2. The van der Waals surface area contributed by atoms with Gasteiger partial charge in [-0.1, -0.05) is 108 Å². The van der Waals surface area contributed by atoms with Gasteiger partial charge >= 0.3 is 5.69 Å². The molecule has 4 nitrogen and oxygen atoms in total. The molecule has 0 aliphatic carbocycles. The van der Waals surface area contributed by atoms with Crippen LogP contribution >= 0.6 is 0 Å². The molecule has 0 atom stereocenters. The summed E-state index contributed by atoms with van der Waals surface area (Å²) in [6.07, 6.45) is 14.9. The largest absolute Gasteiger partial charge is 0.328 e. The molecule has 0 saturated carbocycles. The van der Waals surface area contributed by atoms with Crippen molar-refractivity contribution in [2.24, 2.45) is 0 Å². The molecule has 0 saturated heterocycles. The minimum atomic E-state index is -0.253. The van der Waals surface area contributed by atoms with Gasteiger partial charge < -0.3 is 0 Å². The molecule has 0 fully saturated rings. The van der Waals surface area contributed by atoms with E-state index in [2.05, 4.69) is 31.0 Å². The molecule has 170 valence electrons. The number of nitrogens with zero attached hydrogens (tertiary/aromatic N) is 1. The van der Waals surface area contributed by atoms with Gasteiger partial charge in [0.2, 0.25) is 5.56 Å². The van der Waals surface area contributed by atoms with Crippen LogP contribution < -0.4 is 16.7 Å². The van der Waals surface area contributed by atoms with Crippen molar-refractivity contribution in [3.8, 4) is 0 Å². The van der Waals surface area contributed by atoms with Crippen LogP contribution in [0.5, 0.6) is 0 Å². The summed E-state index contributed by atoms with van der Waals surface area (Å²) in [5.74, 6) is 0. The van der Waals surface area contributed by atoms with Crippen molar-refractivity contribution in [3.63, 3.8) is 0 Å². The van der Waals surface area contributed by atoms with Crippen molar-refractivity contribution in [1.29, 1.82) is 0 Å². The van der Waals surface area contributed by atoms with E-state index in [1.807, 2.05) is 30.6 Å². The summed E-state index contributed by atoms with van der Waals surface area (Å²) in [4.78, 5) is 28.0. The second kappa shape index (κ2) is 14.1. The van der Waals surface area contributed by atoms with Gasteiger partial charge in [0.1, 0.15) is 7.85 Å².